The number of halogens is 1. The molecule has 0 saturated heterocycles. The number of carbonyl (C=O) groups is 1. The van der Waals surface area contributed by atoms with E-state index >= 15 is 0 Å². The highest BCUT2D eigenvalue weighted by Crippen LogP contribution is 2.09. The molecule has 0 aliphatic heterocycles. The lowest BCUT2D eigenvalue weighted by atomic mass is 10.1. The number of nitrogens with one attached hydrogen (secondary N) is 1. The maximum absolute atomic E-state index is 11.7. The summed E-state index contributed by atoms with van der Waals surface area (Å²) in [6.45, 7) is 10.6. The molecule has 0 aromatic heterocycles. The fourth-order valence-corrected chi connectivity index (χ4v) is 1.99. The van der Waals surface area contributed by atoms with Crippen LogP contribution in [0.2, 0.25) is 0 Å². The summed E-state index contributed by atoms with van der Waals surface area (Å²) >= 11 is 3.11. The summed E-state index contributed by atoms with van der Waals surface area (Å²) in [5.74, 6) is -1.20. The van der Waals surface area contributed by atoms with Crippen molar-refractivity contribution in [2.45, 2.75) is 19.9 Å². The first-order valence-electron chi connectivity index (χ1n) is 4.87. The topological polar surface area (TPSA) is 66.4 Å². The average Bonchev–Trinajstić information content (AvgIpc) is 2.20. The Hall–Kier alpha value is -0.720. The molecule has 0 aliphatic carbocycles. The van der Waals surface area contributed by atoms with E-state index < -0.39 is 23.0 Å². The van der Waals surface area contributed by atoms with Gasteiger partial charge in [-0.05, 0) is 18.1 Å². The maximum Gasteiger partial charge on any atom is 0.321 e. The van der Waals surface area contributed by atoms with Gasteiger partial charge in [-0.2, -0.15) is 0 Å². The zero-order chi connectivity index (χ0) is 13.6. The highest BCUT2D eigenvalue weighted by Gasteiger charge is 2.23. The Labute approximate surface area is 112 Å². The molecule has 0 spiro atoms. The zero-order valence-electron chi connectivity index (χ0n) is 9.77. The molecule has 0 amide bonds. The number of allylic oxidation sites excluding steroid dienone is 3. The minimum atomic E-state index is -1.63. The van der Waals surface area contributed by atoms with Crippen LogP contribution in [0, 0.1) is 5.92 Å². The van der Waals surface area contributed by atoms with E-state index in [9.17, 15) is 9.00 Å². The lowest BCUT2D eigenvalue weighted by molar-refractivity contribution is -0.140. The molecule has 2 unspecified atom stereocenters. The Kier molecular flexibility index (Phi) is 7.26. The van der Waals surface area contributed by atoms with Crippen molar-refractivity contribution in [3.8, 4) is 0 Å². The fourth-order valence-electron chi connectivity index (χ4n) is 0.908. The number of hydrogen-bond acceptors (Lipinski definition) is 2. The lowest BCUT2D eigenvalue weighted by Gasteiger charge is -2.17. The van der Waals surface area contributed by atoms with Crippen molar-refractivity contribution in [3.63, 3.8) is 0 Å². The van der Waals surface area contributed by atoms with Crippen molar-refractivity contribution in [3.05, 3.63) is 34.7 Å². The lowest BCUT2D eigenvalue weighted by Crippen LogP contribution is -2.41. The number of carboxylic acid groups (broad SMARTS) is 1. The summed E-state index contributed by atoms with van der Waals surface area (Å²) in [6, 6.07) is -0.867. The van der Waals surface area contributed by atoms with Crippen molar-refractivity contribution in [2.24, 2.45) is 5.92 Å². The van der Waals surface area contributed by atoms with Crippen LogP contribution < -0.4 is 4.72 Å². The summed E-state index contributed by atoms with van der Waals surface area (Å²) in [7, 11) is -1.63. The largest absolute Gasteiger partial charge is 0.480 e. The third-order valence-electron chi connectivity index (χ3n) is 1.85. The van der Waals surface area contributed by atoms with E-state index in [0.29, 0.717) is 4.48 Å². The van der Waals surface area contributed by atoms with E-state index in [4.69, 9.17) is 5.11 Å². The molecule has 2 atom stereocenters. The van der Waals surface area contributed by atoms with Crippen LogP contribution in [0.1, 0.15) is 13.8 Å². The molecule has 0 bridgehead atoms. The van der Waals surface area contributed by atoms with Crippen molar-refractivity contribution in [2.75, 3.05) is 0 Å². The SMILES string of the molecule is C=C(Br)/C=C\C(=C)S(=O)NC(C(=O)O)C(C)C. The van der Waals surface area contributed by atoms with Gasteiger partial charge in [0.15, 0.2) is 0 Å². The molecule has 6 heteroatoms. The molecule has 0 radical (unpaired) electrons. The van der Waals surface area contributed by atoms with E-state index in [0.717, 1.165) is 0 Å². The van der Waals surface area contributed by atoms with Crippen LogP contribution in [0.3, 0.4) is 0 Å². The van der Waals surface area contributed by atoms with Crippen LogP contribution >= 0.6 is 15.9 Å². The van der Waals surface area contributed by atoms with Gasteiger partial charge < -0.3 is 5.11 Å². The standard InChI is InChI=1S/C11H16BrNO3S/c1-7(2)10(11(14)15)13-17(16)9(4)6-5-8(3)12/h5-7,10,13H,3-4H2,1-2H3,(H,14,15)/b6-5-. The van der Waals surface area contributed by atoms with Gasteiger partial charge in [0, 0.05) is 9.39 Å². The molecule has 0 fully saturated rings. The van der Waals surface area contributed by atoms with Gasteiger partial charge in [0.1, 0.15) is 17.0 Å². The van der Waals surface area contributed by atoms with Crippen molar-refractivity contribution in [1.82, 2.24) is 4.72 Å². The first-order chi connectivity index (χ1) is 7.75. The highest BCUT2D eigenvalue weighted by molar-refractivity contribution is 9.11. The van der Waals surface area contributed by atoms with Crippen molar-refractivity contribution >= 4 is 32.9 Å². The van der Waals surface area contributed by atoms with Crippen molar-refractivity contribution < 1.29 is 14.1 Å². The van der Waals surface area contributed by atoms with Crippen LogP contribution in [0.25, 0.3) is 0 Å². The van der Waals surface area contributed by atoms with Crippen LogP contribution in [0.4, 0.5) is 0 Å². The summed E-state index contributed by atoms with van der Waals surface area (Å²) < 4.78 is 14.9. The number of hydrogen-bond donors (Lipinski definition) is 2. The molecule has 0 aliphatic rings. The van der Waals surface area contributed by atoms with Gasteiger partial charge in [0.2, 0.25) is 0 Å². The van der Waals surface area contributed by atoms with Gasteiger partial charge in [0.05, 0.1) is 0 Å². The van der Waals surface area contributed by atoms with Crippen LogP contribution in [-0.2, 0) is 15.8 Å². The molecule has 0 rings (SSSR count). The molecule has 96 valence electrons. The van der Waals surface area contributed by atoms with E-state index in [1.54, 1.807) is 19.9 Å². The predicted octanol–water partition coefficient (Wildman–Crippen LogP) is 2.33. The monoisotopic (exact) mass is 321 g/mol. The summed E-state index contributed by atoms with van der Waals surface area (Å²) in [4.78, 5) is 11.2. The Morgan fingerprint density at radius 1 is 1.41 bits per heavy atom. The molecule has 0 aromatic carbocycles. The minimum Gasteiger partial charge on any atom is -0.480 e. The maximum atomic E-state index is 11.7. The van der Waals surface area contributed by atoms with Gasteiger partial charge >= 0.3 is 5.97 Å². The van der Waals surface area contributed by atoms with Crippen LogP contribution in [0.5, 0.6) is 0 Å². The first-order valence-corrected chi connectivity index (χ1v) is 6.82. The summed E-state index contributed by atoms with van der Waals surface area (Å²) in [5.41, 5.74) is 0. The Morgan fingerprint density at radius 2 is 1.94 bits per heavy atom. The number of aliphatic carboxylic acids is 1. The zero-order valence-corrected chi connectivity index (χ0v) is 12.2. The average molecular weight is 322 g/mol. The molecular weight excluding hydrogens is 306 g/mol. The van der Waals surface area contributed by atoms with Gasteiger partial charge in [-0.15, -0.1) is 0 Å². The van der Waals surface area contributed by atoms with Crippen molar-refractivity contribution in [1.29, 1.82) is 0 Å². The van der Waals surface area contributed by atoms with Crippen LogP contribution in [0.15, 0.2) is 34.7 Å². The molecule has 17 heavy (non-hydrogen) atoms. The Morgan fingerprint density at radius 3 is 2.29 bits per heavy atom. The first kappa shape index (κ1) is 16.3. The quantitative estimate of drug-likeness (QED) is 0.707. The molecule has 0 aromatic rings. The minimum absolute atomic E-state index is 0.167. The Balaban J connectivity index is 4.57. The molecule has 0 saturated carbocycles. The second-order valence-corrected chi connectivity index (χ2v) is 6.01. The third-order valence-corrected chi connectivity index (χ3v) is 3.20. The second-order valence-electron chi connectivity index (χ2n) is 3.69. The van der Waals surface area contributed by atoms with E-state index in [2.05, 4.69) is 33.8 Å². The number of rotatable bonds is 7. The molecule has 4 nitrogen and oxygen atoms in total. The summed E-state index contributed by atoms with van der Waals surface area (Å²) in [6.07, 6.45) is 3.10. The van der Waals surface area contributed by atoms with Gasteiger partial charge in [-0.25, -0.2) is 8.93 Å². The third kappa shape index (κ3) is 6.55. The number of carboxylic acids is 1. The smallest absolute Gasteiger partial charge is 0.321 e. The van der Waals surface area contributed by atoms with Gasteiger partial charge in [0.25, 0.3) is 0 Å². The van der Waals surface area contributed by atoms with E-state index in [-0.39, 0.29) is 10.8 Å². The van der Waals surface area contributed by atoms with Gasteiger partial charge in [-0.1, -0.05) is 42.9 Å². The van der Waals surface area contributed by atoms with Gasteiger partial charge in [-0.3, -0.25) is 4.79 Å². The second kappa shape index (κ2) is 7.58. The Bertz CT molecular complexity index is 377. The fraction of sp³-hybridized carbons (Fsp3) is 0.364. The van der Waals surface area contributed by atoms with Crippen LogP contribution in [-0.4, -0.2) is 21.3 Å². The molecule has 0 heterocycles. The summed E-state index contributed by atoms with van der Waals surface area (Å²) in [5, 5.41) is 8.93. The molecule has 2 N–H and O–H groups in total. The van der Waals surface area contributed by atoms with E-state index in [1.165, 1.54) is 6.08 Å². The normalized spacial score (nSPS) is 14.8. The predicted molar refractivity (Wildman–Crippen MR) is 73.9 cm³/mol. The van der Waals surface area contributed by atoms with E-state index in [1.807, 2.05) is 0 Å². The molecular formula is C11H16BrNO3S. The highest BCUT2D eigenvalue weighted by atomic mass is 79.9.